The molecule has 2 aromatic carbocycles. The lowest BCUT2D eigenvalue weighted by atomic mass is 10.1. The summed E-state index contributed by atoms with van der Waals surface area (Å²) in [6, 6.07) is 14.4. The summed E-state index contributed by atoms with van der Waals surface area (Å²) in [5.74, 6) is -0.152. The molecule has 2 aromatic rings. The maximum absolute atomic E-state index is 12.1. The van der Waals surface area contributed by atoms with Crippen LogP contribution in [0.1, 0.15) is 15.9 Å². The largest absolute Gasteiger partial charge is 0.321 e. The van der Waals surface area contributed by atoms with Crippen LogP contribution in [0.4, 0.5) is 5.69 Å². The highest BCUT2D eigenvalue weighted by Crippen LogP contribution is 2.22. The first-order valence-electron chi connectivity index (χ1n) is 6.16. The fraction of sp³-hybridized carbons (Fsp3) is 0. The Hall–Kier alpha value is -2.32. The van der Waals surface area contributed by atoms with Gasteiger partial charge in [-0.25, -0.2) is 0 Å². The highest BCUT2D eigenvalue weighted by atomic mass is 35.5. The minimum atomic E-state index is -0.152. The van der Waals surface area contributed by atoms with E-state index in [9.17, 15) is 4.79 Å². The standard InChI is InChI=1S/C17H14ClNO/c1-2-3-7-14-12-15(18)10-11-16(14)19-17(20)13-8-5-4-6-9-13/h2-12H,1H2,(H,19,20)/b7-3-. The lowest BCUT2D eigenvalue weighted by Gasteiger charge is -2.09. The van der Waals surface area contributed by atoms with Crippen LogP contribution in [0.15, 0.2) is 67.3 Å². The van der Waals surface area contributed by atoms with Crippen molar-refractivity contribution in [2.24, 2.45) is 0 Å². The van der Waals surface area contributed by atoms with Gasteiger partial charge in [-0.05, 0) is 35.9 Å². The quantitative estimate of drug-likeness (QED) is 0.803. The van der Waals surface area contributed by atoms with Gasteiger partial charge in [0, 0.05) is 16.3 Å². The zero-order chi connectivity index (χ0) is 14.4. The molecule has 0 spiro atoms. The molecule has 1 amide bonds. The third-order valence-electron chi connectivity index (χ3n) is 2.71. The van der Waals surface area contributed by atoms with Gasteiger partial charge in [-0.1, -0.05) is 54.6 Å². The molecule has 0 aliphatic carbocycles. The average Bonchev–Trinajstić information content (AvgIpc) is 2.48. The number of allylic oxidation sites excluding steroid dienone is 2. The van der Waals surface area contributed by atoms with Crippen LogP contribution in [0.5, 0.6) is 0 Å². The lowest BCUT2D eigenvalue weighted by Crippen LogP contribution is -2.12. The molecule has 100 valence electrons. The van der Waals surface area contributed by atoms with Crippen molar-refractivity contribution < 1.29 is 4.79 Å². The van der Waals surface area contributed by atoms with Gasteiger partial charge in [0.2, 0.25) is 0 Å². The van der Waals surface area contributed by atoms with Crippen molar-refractivity contribution in [2.45, 2.75) is 0 Å². The Balaban J connectivity index is 2.27. The summed E-state index contributed by atoms with van der Waals surface area (Å²) in [6.45, 7) is 3.63. The summed E-state index contributed by atoms with van der Waals surface area (Å²) in [6.07, 6.45) is 5.31. The van der Waals surface area contributed by atoms with Crippen molar-refractivity contribution >= 4 is 29.3 Å². The molecule has 0 heterocycles. The summed E-state index contributed by atoms with van der Waals surface area (Å²) in [7, 11) is 0. The second-order valence-corrected chi connectivity index (χ2v) is 4.58. The molecule has 0 saturated carbocycles. The summed E-state index contributed by atoms with van der Waals surface area (Å²) in [5.41, 5.74) is 2.16. The van der Waals surface area contributed by atoms with E-state index < -0.39 is 0 Å². The van der Waals surface area contributed by atoms with E-state index in [2.05, 4.69) is 11.9 Å². The average molecular weight is 284 g/mol. The SMILES string of the molecule is C=C/C=C\c1cc(Cl)ccc1NC(=O)c1ccccc1. The number of anilines is 1. The molecule has 0 radical (unpaired) electrons. The van der Waals surface area contributed by atoms with Crippen molar-refractivity contribution in [3.8, 4) is 0 Å². The number of rotatable bonds is 4. The lowest BCUT2D eigenvalue weighted by molar-refractivity contribution is 0.102. The molecule has 0 aliphatic heterocycles. The molecule has 2 rings (SSSR count). The van der Waals surface area contributed by atoms with Crippen molar-refractivity contribution in [3.63, 3.8) is 0 Å². The first-order valence-corrected chi connectivity index (χ1v) is 6.53. The molecule has 1 N–H and O–H groups in total. The molecular formula is C17H14ClNO. The fourth-order valence-electron chi connectivity index (χ4n) is 1.74. The number of hydrogen-bond acceptors (Lipinski definition) is 1. The number of benzene rings is 2. The predicted molar refractivity (Wildman–Crippen MR) is 85.1 cm³/mol. The Morgan fingerprint density at radius 2 is 1.90 bits per heavy atom. The first kappa shape index (κ1) is 14.1. The van der Waals surface area contributed by atoms with Crippen LogP contribution >= 0.6 is 11.6 Å². The van der Waals surface area contributed by atoms with Crippen LogP contribution in [0.25, 0.3) is 6.08 Å². The molecule has 0 aromatic heterocycles. The maximum Gasteiger partial charge on any atom is 0.255 e. The van der Waals surface area contributed by atoms with Crippen molar-refractivity contribution in [2.75, 3.05) is 5.32 Å². The maximum atomic E-state index is 12.1. The van der Waals surface area contributed by atoms with E-state index >= 15 is 0 Å². The molecule has 0 fully saturated rings. The number of hydrogen-bond donors (Lipinski definition) is 1. The molecule has 0 atom stereocenters. The minimum Gasteiger partial charge on any atom is -0.321 e. The number of halogens is 1. The zero-order valence-electron chi connectivity index (χ0n) is 10.8. The van der Waals surface area contributed by atoms with Crippen molar-refractivity contribution in [1.29, 1.82) is 0 Å². The smallest absolute Gasteiger partial charge is 0.255 e. The molecule has 20 heavy (non-hydrogen) atoms. The Kier molecular flexibility index (Phi) is 4.75. The van der Waals surface area contributed by atoms with E-state index in [1.807, 2.05) is 24.3 Å². The third-order valence-corrected chi connectivity index (χ3v) is 2.94. The van der Waals surface area contributed by atoms with Crippen LogP contribution in [0.2, 0.25) is 5.02 Å². The van der Waals surface area contributed by atoms with Gasteiger partial charge in [-0.3, -0.25) is 4.79 Å². The molecule has 0 saturated heterocycles. The third kappa shape index (κ3) is 3.59. The minimum absolute atomic E-state index is 0.152. The van der Waals surface area contributed by atoms with Crippen molar-refractivity contribution in [3.05, 3.63) is 83.4 Å². The molecule has 2 nitrogen and oxygen atoms in total. The fourth-order valence-corrected chi connectivity index (χ4v) is 1.92. The van der Waals surface area contributed by atoms with Gasteiger partial charge >= 0.3 is 0 Å². The zero-order valence-corrected chi connectivity index (χ0v) is 11.6. The van der Waals surface area contributed by atoms with Gasteiger partial charge in [0.05, 0.1) is 0 Å². The van der Waals surface area contributed by atoms with E-state index in [1.54, 1.807) is 42.5 Å². The Morgan fingerprint density at radius 3 is 2.60 bits per heavy atom. The summed E-state index contributed by atoms with van der Waals surface area (Å²) < 4.78 is 0. The van der Waals surface area contributed by atoms with Gasteiger partial charge in [0.25, 0.3) is 5.91 Å². The Morgan fingerprint density at radius 1 is 1.15 bits per heavy atom. The summed E-state index contributed by atoms with van der Waals surface area (Å²) in [4.78, 5) is 12.1. The van der Waals surface area contributed by atoms with Gasteiger partial charge in [0.15, 0.2) is 0 Å². The molecule has 3 heteroatoms. The summed E-state index contributed by atoms with van der Waals surface area (Å²) in [5, 5.41) is 3.50. The van der Waals surface area contributed by atoms with E-state index in [0.717, 1.165) is 5.56 Å². The van der Waals surface area contributed by atoms with Crippen LogP contribution in [0, 0.1) is 0 Å². The number of amides is 1. The number of carbonyl (C=O) groups excluding carboxylic acids is 1. The van der Waals surface area contributed by atoms with Crippen LogP contribution in [-0.4, -0.2) is 5.91 Å². The normalized spacial score (nSPS) is 10.4. The van der Waals surface area contributed by atoms with E-state index in [0.29, 0.717) is 16.3 Å². The van der Waals surface area contributed by atoms with Gasteiger partial charge < -0.3 is 5.32 Å². The van der Waals surface area contributed by atoms with Gasteiger partial charge in [-0.2, -0.15) is 0 Å². The Bertz CT molecular complexity index is 647. The second kappa shape index (κ2) is 6.73. The molecular weight excluding hydrogens is 270 g/mol. The monoisotopic (exact) mass is 283 g/mol. The van der Waals surface area contributed by atoms with E-state index in [-0.39, 0.29) is 5.91 Å². The Labute approximate surface area is 123 Å². The summed E-state index contributed by atoms with van der Waals surface area (Å²) >= 11 is 5.98. The second-order valence-electron chi connectivity index (χ2n) is 4.15. The van der Waals surface area contributed by atoms with E-state index in [1.165, 1.54) is 0 Å². The number of nitrogens with one attached hydrogen (secondary N) is 1. The van der Waals surface area contributed by atoms with Gasteiger partial charge in [-0.15, -0.1) is 0 Å². The molecule has 0 aliphatic rings. The van der Waals surface area contributed by atoms with E-state index in [4.69, 9.17) is 11.6 Å². The molecule has 0 bridgehead atoms. The highest BCUT2D eigenvalue weighted by molar-refractivity contribution is 6.30. The topological polar surface area (TPSA) is 29.1 Å². The van der Waals surface area contributed by atoms with Crippen LogP contribution in [0.3, 0.4) is 0 Å². The number of carbonyl (C=O) groups is 1. The van der Waals surface area contributed by atoms with Gasteiger partial charge in [0.1, 0.15) is 0 Å². The first-order chi connectivity index (χ1) is 9.70. The van der Waals surface area contributed by atoms with Crippen molar-refractivity contribution in [1.82, 2.24) is 0 Å². The van der Waals surface area contributed by atoms with Crippen LogP contribution in [-0.2, 0) is 0 Å². The highest BCUT2D eigenvalue weighted by Gasteiger charge is 2.07. The van der Waals surface area contributed by atoms with Crippen LogP contribution < -0.4 is 5.32 Å². The molecule has 0 unspecified atom stereocenters. The predicted octanol–water partition coefficient (Wildman–Crippen LogP) is 4.79.